The standard InChI is InChI=1S/C31H36FN5O4/c1-18-14-21(9-10-23(18)41-24-15-19(2)35-36-28(24)39)27(38)34-20(3)29(40)37-25(30(4,5)17-33)11-12-26(37)31(6)13-7-8-22(32)16-31/h7-10,14-16,20,25-26H,11-13H2,1-6H3,(H,34,38)(H,36,39)/t20-,25-,26+,31?/m1/s1. The van der Waals surface area contributed by atoms with Crippen molar-refractivity contribution in [1.29, 1.82) is 5.26 Å². The SMILES string of the molecule is Cc1cc(Oc2ccc(C(=O)N[C@H](C)C(=O)N3[C@H](C4(C)C=C(F)C=CC4)CC[C@@H]3C(C)(C)C#N)cc2C)c(=O)[nH]n1. The van der Waals surface area contributed by atoms with Gasteiger partial charge in [-0.1, -0.05) is 13.0 Å². The number of hydrogen-bond donors (Lipinski definition) is 2. The van der Waals surface area contributed by atoms with Crippen LogP contribution in [0.4, 0.5) is 4.39 Å². The molecule has 1 unspecified atom stereocenters. The second-order valence-electron chi connectivity index (χ2n) is 11.8. The summed E-state index contributed by atoms with van der Waals surface area (Å²) in [6.07, 6.45) is 6.55. The smallest absolute Gasteiger partial charge is 0.307 e. The van der Waals surface area contributed by atoms with Crippen LogP contribution in [0.3, 0.4) is 0 Å². The average Bonchev–Trinajstić information content (AvgIpc) is 3.38. The summed E-state index contributed by atoms with van der Waals surface area (Å²) in [5.74, 6) is -0.630. The zero-order valence-corrected chi connectivity index (χ0v) is 24.2. The molecule has 0 radical (unpaired) electrons. The molecule has 1 saturated heterocycles. The summed E-state index contributed by atoms with van der Waals surface area (Å²) in [6, 6.07) is 7.00. The number of aromatic nitrogens is 2. The Morgan fingerprint density at radius 3 is 2.66 bits per heavy atom. The molecule has 1 aliphatic carbocycles. The van der Waals surface area contributed by atoms with Crippen molar-refractivity contribution >= 4 is 11.8 Å². The van der Waals surface area contributed by atoms with Gasteiger partial charge in [0.15, 0.2) is 5.75 Å². The Hall–Kier alpha value is -4.26. The Labute approximate surface area is 239 Å². The van der Waals surface area contributed by atoms with E-state index < -0.39 is 28.3 Å². The third kappa shape index (κ3) is 6.09. The van der Waals surface area contributed by atoms with Crippen molar-refractivity contribution in [2.45, 2.75) is 78.9 Å². The van der Waals surface area contributed by atoms with Gasteiger partial charge in [0.05, 0.1) is 23.2 Å². The maximum atomic E-state index is 14.3. The van der Waals surface area contributed by atoms with Gasteiger partial charge in [-0.2, -0.15) is 10.4 Å². The van der Waals surface area contributed by atoms with E-state index in [-0.39, 0.29) is 29.6 Å². The van der Waals surface area contributed by atoms with E-state index in [1.165, 1.54) is 12.1 Å². The third-order valence-corrected chi connectivity index (χ3v) is 8.10. The topological polar surface area (TPSA) is 128 Å². The van der Waals surface area contributed by atoms with E-state index in [0.29, 0.717) is 41.8 Å². The fraction of sp³-hybridized carbons (Fsp3) is 0.452. The fourth-order valence-corrected chi connectivity index (χ4v) is 5.77. The molecular weight excluding hydrogens is 525 g/mol. The van der Waals surface area contributed by atoms with Crippen LogP contribution in [-0.4, -0.2) is 45.0 Å². The molecule has 4 atom stereocenters. The lowest BCUT2D eigenvalue weighted by Gasteiger charge is -2.44. The molecule has 1 aromatic carbocycles. The monoisotopic (exact) mass is 561 g/mol. The van der Waals surface area contributed by atoms with Gasteiger partial charge in [0.25, 0.3) is 5.91 Å². The molecule has 41 heavy (non-hydrogen) atoms. The fourth-order valence-electron chi connectivity index (χ4n) is 5.77. The second-order valence-corrected chi connectivity index (χ2v) is 11.8. The lowest BCUT2D eigenvalue weighted by molar-refractivity contribution is -0.139. The summed E-state index contributed by atoms with van der Waals surface area (Å²) in [5.41, 5.74) is -0.426. The van der Waals surface area contributed by atoms with Gasteiger partial charge in [-0.05, 0) is 89.8 Å². The molecule has 1 aromatic heterocycles. The molecule has 4 rings (SSSR count). The molecule has 2 aliphatic rings. The number of nitrogens with zero attached hydrogens (tertiary/aromatic N) is 3. The molecule has 2 N–H and O–H groups in total. The highest BCUT2D eigenvalue weighted by Gasteiger charge is 2.51. The number of hydrogen-bond acceptors (Lipinski definition) is 6. The van der Waals surface area contributed by atoms with Crippen molar-refractivity contribution in [3.63, 3.8) is 0 Å². The van der Waals surface area contributed by atoms with Gasteiger partial charge in [0.2, 0.25) is 5.91 Å². The number of halogens is 1. The first-order valence-corrected chi connectivity index (χ1v) is 13.7. The van der Waals surface area contributed by atoms with Gasteiger partial charge in [-0.25, -0.2) is 9.49 Å². The molecule has 9 nitrogen and oxygen atoms in total. The highest BCUT2D eigenvalue weighted by Crippen LogP contribution is 2.46. The minimum absolute atomic E-state index is 0.0870. The Kier molecular flexibility index (Phi) is 8.20. The van der Waals surface area contributed by atoms with Gasteiger partial charge in [-0.15, -0.1) is 0 Å². The lowest BCUT2D eigenvalue weighted by atomic mass is 9.75. The van der Waals surface area contributed by atoms with Crippen LogP contribution in [0.15, 0.2) is 53.1 Å². The summed E-state index contributed by atoms with van der Waals surface area (Å²) >= 11 is 0. The first-order valence-electron chi connectivity index (χ1n) is 13.7. The summed E-state index contributed by atoms with van der Waals surface area (Å²) in [7, 11) is 0. The Morgan fingerprint density at radius 2 is 2.00 bits per heavy atom. The first kappa shape index (κ1) is 29.7. The number of carbonyl (C=O) groups excluding carboxylic acids is 2. The Balaban J connectivity index is 1.54. The highest BCUT2D eigenvalue weighted by atomic mass is 19.1. The normalized spacial score (nSPS) is 23.0. The average molecular weight is 562 g/mol. The highest BCUT2D eigenvalue weighted by molar-refractivity contribution is 5.98. The number of amides is 2. The quantitative estimate of drug-likeness (QED) is 0.488. The lowest BCUT2D eigenvalue weighted by Crippen LogP contribution is -2.57. The molecular formula is C31H36FN5O4. The van der Waals surface area contributed by atoms with E-state index in [1.54, 1.807) is 69.9 Å². The van der Waals surface area contributed by atoms with Crippen LogP contribution < -0.4 is 15.6 Å². The van der Waals surface area contributed by atoms with Gasteiger partial charge >= 0.3 is 5.56 Å². The molecule has 0 spiro atoms. The molecule has 0 saturated carbocycles. The predicted octanol–water partition coefficient (Wildman–Crippen LogP) is 5.03. The van der Waals surface area contributed by atoms with Crippen LogP contribution in [-0.2, 0) is 4.79 Å². The van der Waals surface area contributed by atoms with Crippen molar-refractivity contribution in [3.05, 3.63) is 75.5 Å². The number of allylic oxidation sites excluding steroid dienone is 3. The predicted molar refractivity (Wildman–Crippen MR) is 152 cm³/mol. The maximum absolute atomic E-state index is 14.3. The minimum atomic E-state index is -0.897. The number of rotatable bonds is 7. The molecule has 0 bridgehead atoms. The van der Waals surface area contributed by atoms with Gasteiger partial charge in [0, 0.05) is 23.1 Å². The number of aromatic amines is 1. The van der Waals surface area contributed by atoms with Crippen molar-refractivity contribution in [2.24, 2.45) is 10.8 Å². The van der Waals surface area contributed by atoms with E-state index in [4.69, 9.17) is 4.74 Å². The number of likely N-dealkylation sites (tertiary alicyclic amines) is 1. The zero-order valence-electron chi connectivity index (χ0n) is 24.2. The number of H-pyrrole nitrogens is 1. The second kappa shape index (κ2) is 11.3. The van der Waals surface area contributed by atoms with Crippen LogP contribution >= 0.6 is 0 Å². The van der Waals surface area contributed by atoms with Crippen LogP contribution in [0, 0.1) is 36.0 Å². The van der Waals surface area contributed by atoms with Gasteiger partial charge in [-0.3, -0.25) is 14.4 Å². The Bertz CT molecular complexity index is 1520. The van der Waals surface area contributed by atoms with Gasteiger partial charge < -0.3 is 15.0 Å². The van der Waals surface area contributed by atoms with Crippen LogP contribution in [0.25, 0.3) is 0 Å². The number of aryl methyl sites for hydroxylation is 2. The van der Waals surface area contributed by atoms with Crippen molar-refractivity contribution in [1.82, 2.24) is 20.4 Å². The minimum Gasteiger partial charge on any atom is -0.451 e. The largest absolute Gasteiger partial charge is 0.451 e. The molecule has 2 amide bonds. The van der Waals surface area contributed by atoms with E-state index in [1.807, 2.05) is 6.92 Å². The van der Waals surface area contributed by atoms with E-state index in [0.717, 1.165) is 0 Å². The summed E-state index contributed by atoms with van der Waals surface area (Å²) in [4.78, 5) is 40.9. The van der Waals surface area contributed by atoms with Crippen LogP contribution in [0.1, 0.15) is 68.6 Å². The summed E-state index contributed by atoms with van der Waals surface area (Å²) in [5, 5.41) is 18.9. The van der Waals surface area contributed by atoms with Crippen LogP contribution in [0.5, 0.6) is 11.5 Å². The zero-order chi connectivity index (χ0) is 30.1. The third-order valence-electron chi connectivity index (χ3n) is 8.10. The number of ether oxygens (including phenoxy) is 1. The van der Waals surface area contributed by atoms with E-state index in [2.05, 4.69) is 21.6 Å². The summed E-state index contributed by atoms with van der Waals surface area (Å²) in [6.45, 7) is 10.6. The number of carbonyl (C=O) groups is 2. The van der Waals surface area contributed by atoms with E-state index >= 15 is 0 Å². The number of nitrogens with one attached hydrogen (secondary N) is 2. The first-order chi connectivity index (χ1) is 19.3. The number of nitriles is 1. The van der Waals surface area contributed by atoms with Crippen molar-refractivity contribution in [3.8, 4) is 17.6 Å². The molecule has 1 fully saturated rings. The molecule has 10 heteroatoms. The molecule has 2 heterocycles. The van der Waals surface area contributed by atoms with Crippen molar-refractivity contribution in [2.75, 3.05) is 0 Å². The van der Waals surface area contributed by atoms with E-state index in [9.17, 15) is 24.0 Å². The maximum Gasteiger partial charge on any atom is 0.307 e. The molecule has 2 aromatic rings. The van der Waals surface area contributed by atoms with Gasteiger partial charge in [0.1, 0.15) is 17.6 Å². The molecule has 1 aliphatic heterocycles. The number of benzene rings is 1. The van der Waals surface area contributed by atoms with Crippen molar-refractivity contribution < 1.29 is 18.7 Å². The summed E-state index contributed by atoms with van der Waals surface area (Å²) < 4.78 is 20.1. The van der Waals surface area contributed by atoms with Crippen LogP contribution in [0.2, 0.25) is 0 Å². The Morgan fingerprint density at radius 1 is 1.27 bits per heavy atom. The molecule has 216 valence electrons.